The largest absolute Gasteiger partial charge is 0.390 e. The van der Waals surface area contributed by atoms with E-state index in [2.05, 4.69) is 29.8 Å². The van der Waals surface area contributed by atoms with Crippen LogP contribution in [0.2, 0.25) is 0 Å². The average Bonchev–Trinajstić information content (AvgIpc) is 2.03. The topological polar surface area (TPSA) is 20.2 Å². The molecule has 0 heterocycles. The van der Waals surface area contributed by atoms with E-state index in [4.69, 9.17) is 0 Å². The van der Waals surface area contributed by atoms with Gasteiger partial charge in [0.25, 0.3) is 0 Å². The van der Waals surface area contributed by atoms with Crippen molar-refractivity contribution in [2.45, 2.75) is 38.1 Å². The Labute approximate surface area is 70.9 Å². The molecule has 1 N–H and O–H groups in total. The highest BCUT2D eigenvalue weighted by atomic mass is 79.9. The lowest BCUT2D eigenvalue weighted by Crippen LogP contribution is -2.24. The van der Waals surface area contributed by atoms with Crippen molar-refractivity contribution >= 4 is 15.9 Å². The second-order valence-corrected chi connectivity index (χ2v) is 5.34. The van der Waals surface area contributed by atoms with Crippen LogP contribution in [-0.4, -0.2) is 15.5 Å². The maximum absolute atomic E-state index is 9.63. The summed E-state index contributed by atoms with van der Waals surface area (Å²) in [5.41, 5.74) is -0.254. The summed E-state index contributed by atoms with van der Waals surface area (Å²) in [5.74, 6) is 0.403. The summed E-state index contributed by atoms with van der Waals surface area (Å²) < 4.78 is 0. The van der Waals surface area contributed by atoms with E-state index in [9.17, 15) is 5.11 Å². The summed E-state index contributed by atoms with van der Waals surface area (Å²) in [6, 6.07) is 0. The lowest BCUT2D eigenvalue weighted by Gasteiger charge is -2.18. The van der Waals surface area contributed by atoms with Crippen LogP contribution in [0.5, 0.6) is 0 Å². The van der Waals surface area contributed by atoms with Gasteiger partial charge in [0.15, 0.2) is 0 Å². The summed E-state index contributed by atoms with van der Waals surface area (Å²) in [4.78, 5) is 0.486. The molecule has 60 valence electrons. The number of aliphatic hydroxyl groups is 1. The molecule has 0 aliphatic heterocycles. The monoisotopic (exact) mass is 206 g/mol. The first-order valence-corrected chi connectivity index (χ1v) is 4.56. The van der Waals surface area contributed by atoms with Crippen LogP contribution in [0.1, 0.15) is 27.7 Å². The molecule has 0 amide bonds. The fourth-order valence-electron chi connectivity index (χ4n) is 1.84. The SMILES string of the molecule is CC(C)(O)C1C(Br)C1(C)C. The van der Waals surface area contributed by atoms with Crippen molar-refractivity contribution in [1.82, 2.24) is 0 Å². The molecule has 0 radical (unpaired) electrons. The molecule has 0 spiro atoms. The Bertz CT molecular complexity index is 136. The van der Waals surface area contributed by atoms with Crippen LogP contribution in [-0.2, 0) is 0 Å². The summed E-state index contributed by atoms with van der Waals surface area (Å²) >= 11 is 3.55. The molecule has 0 aromatic carbocycles. The Morgan fingerprint density at radius 1 is 1.40 bits per heavy atom. The highest BCUT2D eigenvalue weighted by molar-refractivity contribution is 9.09. The van der Waals surface area contributed by atoms with Crippen LogP contribution in [0.4, 0.5) is 0 Å². The lowest BCUT2D eigenvalue weighted by molar-refractivity contribution is 0.0448. The Kier molecular flexibility index (Phi) is 1.69. The molecule has 1 nitrogen and oxygen atoms in total. The molecule has 0 saturated heterocycles. The smallest absolute Gasteiger partial charge is 0.0636 e. The standard InChI is InChI=1S/C8H15BrO/c1-7(2)5(6(7)9)8(3,4)10/h5-6,10H,1-4H3. The molecular weight excluding hydrogens is 192 g/mol. The maximum Gasteiger partial charge on any atom is 0.0636 e. The molecule has 1 fully saturated rings. The van der Waals surface area contributed by atoms with Gasteiger partial charge >= 0.3 is 0 Å². The summed E-state index contributed by atoms with van der Waals surface area (Å²) in [6.45, 7) is 8.10. The van der Waals surface area contributed by atoms with Gasteiger partial charge in [-0.25, -0.2) is 0 Å². The first-order chi connectivity index (χ1) is 4.28. The van der Waals surface area contributed by atoms with E-state index in [0.29, 0.717) is 10.7 Å². The third kappa shape index (κ3) is 1.12. The van der Waals surface area contributed by atoms with Crippen molar-refractivity contribution in [2.24, 2.45) is 11.3 Å². The molecule has 2 heteroatoms. The van der Waals surface area contributed by atoms with E-state index in [1.165, 1.54) is 0 Å². The maximum atomic E-state index is 9.63. The third-order valence-corrected chi connectivity index (χ3v) is 4.17. The second kappa shape index (κ2) is 1.98. The van der Waals surface area contributed by atoms with Crippen molar-refractivity contribution in [3.05, 3.63) is 0 Å². The Balaban J connectivity index is 2.66. The number of hydrogen-bond acceptors (Lipinski definition) is 1. The molecule has 1 aliphatic rings. The fourth-order valence-corrected chi connectivity index (χ4v) is 3.30. The zero-order valence-electron chi connectivity index (χ0n) is 6.98. The van der Waals surface area contributed by atoms with Crippen LogP contribution in [0.15, 0.2) is 0 Å². The van der Waals surface area contributed by atoms with Gasteiger partial charge in [-0.2, -0.15) is 0 Å². The predicted molar refractivity (Wildman–Crippen MR) is 46.3 cm³/mol. The van der Waals surface area contributed by atoms with Crippen molar-refractivity contribution < 1.29 is 5.11 Å². The zero-order chi connectivity index (χ0) is 8.15. The van der Waals surface area contributed by atoms with E-state index in [1.54, 1.807) is 0 Å². The van der Waals surface area contributed by atoms with Gasteiger partial charge < -0.3 is 5.11 Å². The average molecular weight is 207 g/mol. The molecule has 1 rings (SSSR count). The van der Waals surface area contributed by atoms with E-state index >= 15 is 0 Å². The van der Waals surface area contributed by atoms with Crippen molar-refractivity contribution in [2.75, 3.05) is 0 Å². The van der Waals surface area contributed by atoms with Gasteiger partial charge in [0.2, 0.25) is 0 Å². The number of halogens is 1. The van der Waals surface area contributed by atoms with E-state index in [0.717, 1.165) is 0 Å². The summed E-state index contributed by atoms with van der Waals surface area (Å²) in [5, 5.41) is 9.63. The molecule has 0 bridgehead atoms. The zero-order valence-corrected chi connectivity index (χ0v) is 8.57. The molecule has 0 aromatic heterocycles. The van der Waals surface area contributed by atoms with E-state index < -0.39 is 5.60 Å². The second-order valence-electron chi connectivity index (χ2n) is 4.35. The summed E-state index contributed by atoms with van der Waals surface area (Å²) in [6.07, 6.45) is 0. The van der Waals surface area contributed by atoms with Crippen molar-refractivity contribution in [1.29, 1.82) is 0 Å². The first-order valence-electron chi connectivity index (χ1n) is 3.64. The molecule has 2 unspecified atom stereocenters. The van der Waals surface area contributed by atoms with Crippen LogP contribution < -0.4 is 0 Å². The number of hydrogen-bond donors (Lipinski definition) is 1. The van der Waals surface area contributed by atoms with Gasteiger partial charge in [0, 0.05) is 10.7 Å². The van der Waals surface area contributed by atoms with Crippen LogP contribution in [0.25, 0.3) is 0 Å². The molecular formula is C8H15BrO. The number of alkyl halides is 1. The molecule has 10 heavy (non-hydrogen) atoms. The minimum absolute atomic E-state index is 0.276. The minimum atomic E-state index is -0.530. The molecule has 1 saturated carbocycles. The fraction of sp³-hybridized carbons (Fsp3) is 1.00. The van der Waals surface area contributed by atoms with Crippen LogP contribution >= 0.6 is 15.9 Å². The van der Waals surface area contributed by atoms with Gasteiger partial charge in [0.05, 0.1) is 5.60 Å². The minimum Gasteiger partial charge on any atom is -0.390 e. The number of rotatable bonds is 1. The lowest BCUT2D eigenvalue weighted by atomic mass is 9.97. The first kappa shape index (κ1) is 8.54. The van der Waals surface area contributed by atoms with Crippen molar-refractivity contribution in [3.8, 4) is 0 Å². The Morgan fingerprint density at radius 3 is 1.70 bits per heavy atom. The van der Waals surface area contributed by atoms with E-state index in [1.807, 2.05) is 13.8 Å². The molecule has 1 aliphatic carbocycles. The quantitative estimate of drug-likeness (QED) is 0.653. The highest BCUT2D eigenvalue weighted by Gasteiger charge is 2.62. The normalized spacial score (nSPS) is 37.8. The third-order valence-electron chi connectivity index (χ3n) is 2.46. The van der Waals surface area contributed by atoms with Gasteiger partial charge in [0.1, 0.15) is 0 Å². The van der Waals surface area contributed by atoms with E-state index in [-0.39, 0.29) is 5.41 Å². The van der Waals surface area contributed by atoms with Crippen LogP contribution in [0.3, 0.4) is 0 Å². The van der Waals surface area contributed by atoms with Crippen LogP contribution in [0, 0.1) is 11.3 Å². The van der Waals surface area contributed by atoms with Gasteiger partial charge in [-0.3, -0.25) is 0 Å². The Morgan fingerprint density at radius 2 is 1.70 bits per heavy atom. The van der Waals surface area contributed by atoms with Crippen molar-refractivity contribution in [3.63, 3.8) is 0 Å². The Hall–Kier alpha value is 0.440. The molecule has 2 atom stereocenters. The van der Waals surface area contributed by atoms with Gasteiger partial charge in [-0.05, 0) is 19.3 Å². The van der Waals surface area contributed by atoms with Gasteiger partial charge in [-0.1, -0.05) is 29.8 Å². The molecule has 0 aromatic rings. The summed E-state index contributed by atoms with van der Waals surface area (Å²) in [7, 11) is 0. The highest BCUT2D eigenvalue weighted by Crippen LogP contribution is 2.61. The van der Waals surface area contributed by atoms with Gasteiger partial charge in [-0.15, -0.1) is 0 Å². The predicted octanol–water partition coefficient (Wildman–Crippen LogP) is 2.18.